The molecule has 2 rings (SSSR count). The Balaban J connectivity index is 2.20. The van der Waals surface area contributed by atoms with Gasteiger partial charge in [-0.25, -0.2) is 9.78 Å². The number of carbonyl (C=O) groups is 2. The summed E-state index contributed by atoms with van der Waals surface area (Å²) in [5.74, 6) is -0.731. The first-order valence-corrected chi connectivity index (χ1v) is 6.96. The number of nitrogens with one attached hydrogen (secondary N) is 1. The highest BCUT2D eigenvalue weighted by molar-refractivity contribution is 5.87. The van der Waals surface area contributed by atoms with Crippen molar-refractivity contribution in [3.05, 3.63) is 23.9 Å². The Kier molecular flexibility index (Phi) is 5.10. The zero-order chi connectivity index (χ0) is 15.2. The number of carbonyl (C=O) groups excluding carboxylic acids is 1. The van der Waals surface area contributed by atoms with E-state index in [2.05, 4.69) is 10.3 Å². The molecule has 1 saturated heterocycles. The van der Waals surface area contributed by atoms with E-state index in [9.17, 15) is 9.59 Å². The van der Waals surface area contributed by atoms with E-state index >= 15 is 0 Å². The van der Waals surface area contributed by atoms with Gasteiger partial charge < -0.3 is 20.1 Å². The lowest BCUT2D eigenvalue weighted by molar-refractivity contribution is -0.124. The molecule has 2 N–H and O–H groups in total. The molecule has 1 aromatic rings. The number of hydrogen-bond acceptors (Lipinski definition) is 5. The average Bonchev–Trinajstić information content (AvgIpc) is 2.52. The van der Waals surface area contributed by atoms with Crippen molar-refractivity contribution in [2.75, 3.05) is 31.2 Å². The maximum absolute atomic E-state index is 12.2. The minimum absolute atomic E-state index is 0.0355. The van der Waals surface area contributed by atoms with E-state index in [-0.39, 0.29) is 18.2 Å². The second-order valence-corrected chi connectivity index (χ2v) is 4.76. The Morgan fingerprint density at radius 2 is 2.33 bits per heavy atom. The second kappa shape index (κ2) is 7.03. The van der Waals surface area contributed by atoms with Gasteiger partial charge in [0, 0.05) is 13.1 Å². The summed E-state index contributed by atoms with van der Waals surface area (Å²) in [5.41, 5.74) is -0.0355. The van der Waals surface area contributed by atoms with E-state index in [0.29, 0.717) is 25.5 Å². The number of carboxylic acid groups (broad SMARTS) is 1. The molecule has 1 fully saturated rings. The number of carboxylic acids is 1. The molecular weight excluding hydrogens is 274 g/mol. The van der Waals surface area contributed by atoms with Crippen molar-refractivity contribution in [1.82, 2.24) is 10.3 Å². The van der Waals surface area contributed by atoms with Crippen molar-refractivity contribution in [3.8, 4) is 0 Å². The molecule has 0 bridgehead atoms. The van der Waals surface area contributed by atoms with Crippen LogP contribution in [0.25, 0.3) is 0 Å². The van der Waals surface area contributed by atoms with Crippen LogP contribution in [0.3, 0.4) is 0 Å². The van der Waals surface area contributed by atoms with Gasteiger partial charge in [-0.1, -0.05) is 13.0 Å². The lowest BCUT2D eigenvalue weighted by Gasteiger charge is -2.35. The number of morpholine rings is 1. The zero-order valence-corrected chi connectivity index (χ0v) is 11.9. The number of pyridine rings is 1. The van der Waals surface area contributed by atoms with E-state index in [4.69, 9.17) is 9.84 Å². The van der Waals surface area contributed by atoms with Gasteiger partial charge in [0.15, 0.2) is 5.69 Å². The Bertz CT molecular complexity index is 521. The first-order valence-electron chi connectivity index (χ1n) is 6.96. The van der Waals surface area contributed by atoms with Crippen LogP contribution in [-0.4, -0.2) is 54.3 Å². The molecule has 114 valence electrons. The van der Waals surface area contributed by atoms with Gasteiger partial charge in [-0.05, 0) is 18.6 Å². The van der Waals surface area contributed by atoms with Crippen LogP contribution in [0.15, 0.2) is 18.2 Å². The first kappa shape index (κ1) is 15.2. The molecule has 21 heavy (non-hydrogen) atoms. The number of nitrogens with zero attached hydrogens (tertiary/aromatic N) is 2. The summed E-state index contributed by atoms with van der Waals surface area (Å²) in [6.07, 6.45) is 0.853. The van der Waals surface area contributed by atoms with Crippen LogP contribution < -0.4 is 10.2 Å². The lowest BCUT2D eigenvalue weighted by Crippen LogP contribution is -2.54. The molecule has 7 nitrogen and oxygen atoms in total. The van der Waals surface area contributed by atoms with E-state index in [1.54, 1.807) is 17.0 Å². The molecule has 1 aromatic heterocycles. The summed E-state index contributed by atoms with van der Waals surface area (Å²) < 4.78 is 5.37. The third-order valence-electron chi connectivity index (χ3n) is 3.23. The Morgan fingerprint density at radius 3 is 3.05 bits per heavy atom. The topological polar surface area (TPSA) is 91.8 Å². The van der Waals surface area contributed by atoms with E-state index in [1.807, 2.05) is 6.92 Å². The normalized spacial score (nSPS) is 18.3. The number of rotatable bonds is 5. The van der Waals surface area contributed by atoms with Crippen LogP contribution in [0.1, 0.15) is 23.8 Å². The van der Waals surface area contributed by atoms with Gasteiger partial charge >= 0.3 is 5.97 Å². The van der Waals surface area contributed by atoms with Gasteiger partial charge in [-0.2, -0.15) is 0 Å². The van der Waals surface area contributed by atoms with E-state index in [1.165, 1.54) is 6.07 Å². The van der Waals surface area contributed by atoms with Gasteiger partial charge in [0.2, 0.25) is 5.91 Å². The first-order chi connectivity index (χ1) is 10.1. The van der Waals surface area contributed by atoms with Gasteiger partial charge in [-0.15, -0.1) is 0 Å². The molecule has 1 amide bonds. The molecule has 7 heteroatoms. The minimum Gasteiger partial charge on any atom is -0.477 e. The number of aromatic carboxylic acids is 1. The zero-order valence-electron chi connectivity index (χ0n) is 11.9. The van der Waals surface area contributed by atoms with E-state index < -0.39 is 12.0 Å². The van der Waals surface area contributed by atoms with Crippen LogP contribution >= 0.6 is 0 Å². The fourth-order valence-corrected chi connectivity index (χ4v) is 2.16. The molecule has 1 atom stereocenters. The Morgan fingerprint density at radius 1 is 1.52 bits per heavy atom. The van der Waals surface area contributed by atoms with Crippen molar-refractivity contribution in [2.24, 2.45) is 0 Å². The number of anilines is 1. The van der Waals surface area contributed by atoms with Crippen molar-refractivity contribution in [2.45, 2.75) is 19.4 Å². The van der Waals surface area contributed by atoms with Crippen LogP contribution in [0.4, 0.5) is 5.82 Å². The number of hydrogen-bond donors (Lipinski definition) is 2. The monoisotopic (exact) mass is 293 g/mol. The van der Waals surface area contributed by atoms with Crippen molar-refractivity contribution in [3.63, 3.8) is 0 Å². The van der Waals surface area contributed by atoms with Crippen molar-refractivity contribution in [1.29, 1.82) is 0 Å². The summed E-state index contributed by atoms with van der Waals surface area (Å²) in [6.45, 7) is 3.84. The minimum atomic E-state index is -1.09. The maximum Gasteiger partial charge on any atom is 0.354 e. The molecule has 0 spiro atoms. The molecule has 0 radical (unpaired) electrons. The van der Waals surface area contributed by atoms with Crippen LogP contribution in [0.2, 0.25) is 0 Å². The summed E-state index contributed by atoms with van der Waals surface area (Å²) in [5, 5.41) is 11.8. The highest BCUT2D eigenvalue weighted by Gasteiger charge is 2.30. The Hall–Kier alpha value is -2.15. The smallest absolute Gasteiger partial charge is 0.354 e. The van der Waals surface area contributed by atoms with Gasteiger partial charge in [0.25, 0.3) is 0 Å². The quantitative estimate of drug-likeness (QED) is 0.822. The van der Waals surface area contributed by atoms with Gasteiger partial charge in [0.1, 0.15) is 11.9 Å². The lowest BCUT2D eigenvalue weighted by atomic mass is 10.2. The third kappa shape index (κ3) is 3.69. The third-order valence-corrected chi connectivity index (χ3v) is 3.23. The fourth-order valence-electron chi connectivity index (χ4n) is 2.16. The van der Waals surface area contributed by atoms with Crippen LogP contribution in [-0.2, 0) is 9.53 Å². The predicted octanol–water partition coefficient (Wildman–Crippen LogP) is 0.511. The highest BCUT2D eigenvalue weighted by Crippen LogP contribution is 2.18. The summed E-state index contributed by atoms with van der Waals surface area (Å²) >= 11 is 0. The van der Waals surface area contributed by atoms with Crippen LogP contribution in [0, 0.1) is 0 Å². The standard InChI is InChI=1S/C14H19N3O4/c1-2-6-15-13(18)11-9-21-8-7-17(11)12-5-3-4-10(16-12)14(19)20/h3-5,11H,2,6-9H2,1H3,(H,15,18)(H,19,20). The highest BCUT2D eigenvalue weighted by atomic mass is 16.5. The average molecular weight is 293 g/mol. The molecule has 2 heterocycles. The molecule has 0 aromatic carbocycles. The number of ether oxygens (including phenoxy) is 1. The molecule has 1 aliphatic heterocycles. The van der Waals surface area contributed by atoms with Gasteiger partial charge in [0.05, 0.1) is 13.2 Å². The predicted molar refractivity (Wildman–Crippen MR) is 76.5 cm³/mol. The van der Waals surface area contributed by atoms with Crippen molar-refractivity contribution >= 4 is 17.7 Å². The molecule has 0 aliphatic carbocycles. The maximum atomic E-state index is 12.2. The van der Waals surface area contributed by atoms with E-state index in [0.717, 1.165) is 6.42 Å². The SMILES string of the molecule is CCCNC(=O)C1COCCN1c1cccc(C(=O)O)n1. The molecule has 0 saturated carbocycles. The largest absolute Gasteiger partial charge is 0.477 e. The number of amides is 1. The second-order valence-electron chi connectivity index (χ2n) is 4.76. The Labute approximate surface area is 122 Å². The molecular formula is C14H19N3O4. The summed E-state index contributed by atoms with van der Waals surface area (Å²) in [4.78, 5) is 29.1. The molecule has 1 aliphatic rings. The van der Waals surface area contributed by atoms with Crippen LogP contribution in [0.5, 0.6) is 0 Å². The fraction of sp³-hybridized carbons (Fsp3) is 0.500. The number of aromatic nitrogens is 1. The summed E-state index contributed by atoms with van der Waals surface area (Å²) in [7, 11) is 0. The van der Waals surface area contributed by atoms with Crippen molar-refractivity contribution < 1.29 is 19.4 Å². The van der Waals surface area contributed by atoms with Gasteiger partial charge in [-0.3, -0.25) is 4.79 Å². The summed E-state index contributed by atoms with van der Waals surface area (Å²) in [6, 6.07) is 4.28. The molecule has 1 unspecified atom stereocenters.